The molecule has 9 nitrogen and oxygen atoms in total. The first kappa shape index (κ1) is 17.7. The topological polar surface area (TPSA) is 86.1 Å². The second-order valence-electron chi connectivity index (χ2n) is 6.38. The Hall–Kier alpha value is -2.13. The fourth-order valence-electron chi connectivity index (χ4n) is 3.23. The maximum Gasteiger partial charge on any atom is 0.261 e. The number of likely N-dealkylation sites (tertiary alicyclic amines) is 1. The predicted molar refractivity (Wildman–Crippen MR) is 87.2 cm³/mol. The number of likely N-dealkylation sites (N-methyl/N-ethyl adjacent to an activating group) is 1. The van der Waals surface area contributed by atoms with E-state index in [4.69, 9.17) is 14.2 Å². The van der Waals surface area contributed by atoms with Crippen molar-refractivity contribution in [2.45, 2.75) is 18.6 Å². The zero-order valence-electron chi connectivity index (χ0n) is 14.9. The summed E-state index contributed by atoms with van der Waals surface area (Å²) >= 11 is 0. The van der Waals surface area contributed by atoms with Gasteiger partial charge in [-0.05, 0) is 0 Å². The lowest BCUT2D eigenvalue weighted by Crippen LogP contribution is -2.50. The van der Waals surface area contributed by atoms with Crippen LogP contribution < -0.4 is 4.74 Å². The summed E-state index contributed by atoms with van der Waals surface area (Å²) in [6, 6.07) is 0. The van der Waals surface area contributed by atoms with Gasteiger partial charge in [0.1, 0.15) is 5.56 Å². The van der Waals surface area contributed by atoms with Crippen LogP contribution >= 0.6 is 0 Å². The van der Waals surface area contributed by atoms with Crippen molar-refractivity contribution < 1.29 is 23.8 Å². The number of rotatable bonds is 4. The minimum atomic E-state index is -0.512. The second-order valence-corrected chi connectivity index (χ2v) is 6.38. The Bertz CT molecular complexity index is 643. The van der Waals surface area contributed by atoms with Crippen LogP contribution in [0, 0.1) is 0 Å². The molecule has 0 saturated carbocycles. The van der Waals surface area contributed by atoms with E-state index in [1.54, 1.807) is 25.2 Å². The summed E-state index contributed by atoms with van der Waals surface area (Å²) < 4.78 is 18.0. The number of aromatic nitrogens is 2. The molecular weight excluding hydrogens is 328 g/mol. The van der Waals surface area contributed by atoms with Crippen molar-refractivity contribution in [2.24, 2.45) is 7.05 Å². The molecule has 0 radical (unpaired) electrons. The van der Waals surface area contributed by atoms with Gasteiger partial charge in [-0.2, -0.15) is 0 Å². The molecule has 3 rings (SSSR count). The minimum Gasteiger partial charge on any atom is -0.479 e. The van der Waals surface area contributed by atoms with Gasteiger partial charge in [0.15, 0.2) is 5.79 Å². The van der Waals surface area contributed by atoms with Crippen LogP contribution in [0.2, 0.25) is 0 Å². The first-order chi connectivity index (χ1) is 11.9. The average molecular weight is 352 g/mol. The zero-order chi connectivity index (χ0) is 18.0. The van der Waals surface area contributed by atoms with Crippen LogP contribution in [0.15, 0.2) is 6.20 Å². The van der Waals surface area contributed by atoms with Gasteiger partial charge in [-0.15, -0.1) is 5.10 Å². The van der Waals surface area contributed by atoms with Crippen LogP contribution in [-0.2, 0) is 21.3 Å². The molecule has 9 heteroatoms. The number of hydrogen-bond donors (Lipinski definition) is 0. The smallest absolute Gasteiger partial charge is 0.261 e. The van der Waals surface area contributed by atoms with Crippen molar-refractivity contribution in [2.75, 3.05) is 47.0 Å². The normalized spacial score (nSPS) is 19.2. The minimum absolute atomic E-state index is 0.00555. The van der Waals surface area contributed by atoms with Gasteiger partial charge in [0, 0.05) is 46.2 Å². The molecule has 3 heterocycles. The molecule has 0 bridgehead atoms. The summed E-state index contributed by atoms with van der Waals surface area (Å²) in [5, 5.41) is 4.07. The van der Waals surface area contributed by atoms with E-state index in [9.17, 15) is 9.59 Å². The van der Waals surface area contributed by atoms with Gasteiger partial charge < -0.3 is 24.0 Å². The van der Waals surface area contributed by atoms with Gasteiger partial charge in [0.25, 0.3) is 5.91 Å². The van der Waals surface area contributed by atoms with E-state index >= 15 is 0 Å². The third-order valence-electron chi connectivity index (χ3n) is 4.63. The number of piperidine rings is 1. The Kier molecular flexibility index (Phi) is 4.96. The first-order valence-corrected chi connectivity index (χ1v) is 8.33. The van der Waals surface area contributed by atoms with Gasteiger partial charge in [-0.3, -0.25) is 14.3 Å². The van der Waals surface area contributed by atoms with E-state index in [0.29, 0.717) is 44.7 Å². The molecule has 1 aromatic rings. The molecule has 25 heavy (non-hydrogen) atoms. The van der Waals surface area contributed by atoms with Gasteiger partial charge in [-0.1, -0.05) is 0 Å². The molecule has 2 saturated heterocycles. The number of hydrogen-bond acceptors (Lipinski definition) is 6. The lowest BCUT2D eigenvalue weighted by Gasteiger charge is -2.38. The van der Waals surface area contributed by atoms with Crippen LogP contribution in [0.5, 0.6) is 5.88 Å². The summed E-state index contributed by atoms with van der Waals surface area (Å²) in [4.78, 5) is 28.2. The lowest BCUT2D eigenvalue weighted by atomic mass is 10.0. The predicted octanol–water partition coefficient (Wildman–Crippen LogP) is -0.134. The number of aryl methyl sites for hydroxylation is 1. The molecule has 1 aromatic heterocycles. The van der Waals surface area contributed by atoms with Crippen molar-refractivity contribution in [3.8, 4) is 5.88 Å². The van der Waals surface area contributed by atoms with E-state index in [2.05, 4.69) is 5.10 Å². The number of carbonyl (C=O) groups excluding carboxylic acids is 2. The van der Waals surface area contributed by atoms with Crippen molar-refractivity contribution in [1.82, 2.24) is 19.6 Å². The summed E-state index contributed by atoms with van der Waals surface area (Å²) in [5.41, 5.74) is 0.339. The fraction of sp³-hybridized carbons (Fsp3) is 0.688. The summed E-state index contributed by atoms with van der Waals surface area (Å²) in [7, 11) is 4.77. The third kappa shape index (κ3) is 3.62. The first-order valence-electron chi connectivity index (χ1n) is 8.33. The van der Waals surface area contributed by atoms with Crippen LogP contribution in [0.25, 0.3) is 0 Å². The molecule has 0 aromatic carbocycles. The summed E-state index contributed by atoms with van der Waals surface area (Å²) in [5.74, 6) is -0.648. The van der Waals surface area contributed by atoms with Crippen LogP contribution in [0.4, 0.5) is 0 Å². The molecule has 0 N–H and O–H groups in total. The monoisotopic (exact) mass is 352 g/mol. The van der Waals surface area contributed by atoms with Gasteiger partial charge in [0.05, 0.1) is 26.9 Å². The van der Waals surface area contributed by atoms with Crippen LogP contribution in [0.1, 0.15) is 23.2 Å². The molecule has 0 aliphatic carbocycles. The highest BCUT2D eigenvalue weighted by molar-refractivity contribution is 5.98. The van der Waals surface area contributed by atoms with Crippen molar-refractivity contribution >= 4 is 11.8 Å². The van der Waals surface area contributed by atoms with Crippen molar-refractivity contribution in [3.05, 3.63) is 11.8 Å². The van der Waals surface area contributed by atoms with Crippen molar-refractivity contribution in [1.29, 1.82) is 0 Å². The lowest BCUT2D eigenvalue weighted by molar-refractivity contribution is -0.187. The molecule has 0 atom stereocenters. The number of carbonyl (C=O) groups is 2. The summed E-state index contributed by atoms with van der Waals surface area (Å²) in [6.07, 6.45) is 2.90. The van der Waals surface area contributed by atoms with Gasteiger partial charge >= 0.3 is 0 Å². The van der Waals surface area contributed by atoms with Crippen molar-refractivity contribution in [3.63, 3.8) is 0 Å². The molecule has 138 valence electrons. The Morgan fingerprint density at radius 1 is 1.32 bits per heavy atom. The van der Waals surface area contributed by atoms with Crippen LogP contribution in [0.3, 0.4) is 0 Å². The number of amides is 2. The molecule has 2 aliphatic heterocycles. The number of methoxy groups -OCH3 is 1. The third-order valence-corrected chi connectivity index (χ3v) is 4.63. The Morgan fingerprint density at radius 2 is 1.96 bits per heavy atom. The zero-order valence-corrected chi connectivity index (χ0v) is 14.9. The van der Waals surface area contributed by atoms with Gasteiger partial charge in [-0.25, -0.2) is 0 Å². The maximum atomic E-state index is 12.5. The van der Waals surface area contributed by atoms with Crippen LogP contribution in [-0.4, -0.2) is 84.2 Å². The fourth-order valence-corrected chi connectivity index (χ4v) is 3.23. The Balaban J connectivity index is 1.56. The highest BCUT2D eigenvalue weighted by Gasteiger charge is 2.40. The quantitative estimate of drug-likeness (QED) is 0.750. The molecule has 1 spiro atoms. The highest BCUT2D eigenvalue weighted by Crippen LogP contribution is 2.31. The second kappa shape index (κ2) is 7.01. The maximum absolute atomic E-state index is 12.5. The molecule has 2 fully saturated rings. The molecular formula is C16H24N4O5. The number of nitrogens with zero attached hydrogens (tertiary/aromatic N) is 4. The van der Waals surface area contributed by atoms with E-state index in [-0.39, 0.29) is 24.2 Å². The van der Waals surface area contributed by atoms with Gasteiger partial charge in [0.2, 0.25) is 11.8 Å². The molecule has 0 unspecified atom stereocenters. The van der Waals surface area contributed by atoms with E-state index in [1.807, 2.05) is 0 Å². The number of ether oxygens (including phenoxy) is 3. The van der Waals surface area contributed by atoms with E-state index in [1.165, 1.54) is 16.7 Å². The standard InChI is InChI=1S/C16H24N4O5/c1-18(15(22)12-10-19(2)17-14(12)23-3)11-13(21)20-6-4-16(5-7-20)24-8-9-25-16/h10H,4-9,11H2,1-3H3. The average Bonchev–Trinajstić information content (AvgIpc) is 3.21. The highest BCUT2D eigenvalue weighted by atomic mass is 16.7. The largest absolute Gasteiger partial charge is 0.479 e. The van der Waals surface area contributed by atoms with E-state index in [0.717, 1.165) is 0 Å². The molecule has 2 amide bonds. The van der Waals surface area contributed by atoms with E-state index < -0.39 is 5.79 Å². The molecule has 2 aliphatic rings. The summed E-state index contributed by atoms with van der Waals surface area (Å²) in [6.45, 7) is 2.36. The Labute approximate surface area is 146 Å². The Morgan fingerprint density at radius 3 is 2.56 bits per heavy atom. The SMILES string of the molecule is COc1nn(C)cc1C(=O)N(C)CC(=O)N1CCC2(CC1)OCCO2.